The fourth-order valence-electron chi connectivity index (χ4n) is 2.07. The van der Waals surface area contributed by atoms with E-state index in [9.17, 15) is 4.79 Å². The molecule has 100 valence electrons. The zero-order chi connectivity index (χ0) is 13.1. The molecule has 0 saturated carbocycles. The van der Waals surface area contributed by atoms with E-state index >= 15 is 0 Å². The summed E-state index contributed by atoms with van der Waals surface area (Å²) in [4.78, 5) is 13.9. The van der Waals surface area contributed by atoms with Gasteiger partial charge in [0.15, 0.2) is 5.82 Å². The number of nitrogens with zero attached hydrogens (tertiary/aromatic N) is 2. The lowest BCUT2D eigenvalue weighted by Crippen LogP contribution is -2.22. The van der Waals surface area contributed by atoms with Crippen molar-refractivity contribution in [3.8, 4) is 0 Å². The number of carbonyl (C=O) groups is 1. The van der Waals surface area contributed by atoms with Crippen LogP contribution in [0.2, 0.25) is 0 Å². The number of esters is 1. The molecule has 0 bridgehead atoms. The van der Waals surface area contributed by atoms with E-state index < -0.39 is 5.97 Å². The van der Waals surface area contributed by atoms with Crippen molar-refractivity contribution in [2.45, 2.75) is 13.3 Å². The Kier molecular flexibility index (Phi) is 4.03. The molecule has 1 aromatic heterocycles. The third kappa shape index (κ3) is 2.41. The van der Waals surface area contributed by atoms with Gasteiger partial charge in [0.25, 0.3) is 0 Å². The Balaban J connectivity index is 2.21. The molecule has 1 atom stereocenters. The lowest BCUT2D eigenvalue weighted by Gasteiger charge is -2.17. The minimum absolute atomic E-state index is 0.166. The summed E-state index contributed by atoms with van der Waals surface area (Å²) in [5, 5.41) is 9.90. The zero-order valence-electron chi connectivity index (χ0n) is 10.3. The van der Waals surface area contributed by atoms with E-state index in [1.165, 1.54) is 11.5 Å². The Morgan fingerprint density at radius 3 is 3.11 bits per heavy atom. The quantitative estimate of drug-likeness (QED) is 0.784. The predicted octanol–water partition coefficient (Wildman–Crippen LogP) is 0.721. The topological polar surface area (TPSA) is 88.7 Å². The number of rotatable bonds is 4. The first-order chi connectivity index (χ1) is 8.67. The molecule has 2 heterocycles. The van der Waals surface area contributed by atoms with Gasteiger partial charge in [0.1, 0.15) is 10.6 Å². The molecular weight excluding hydrogens is 254 g/mol. The summed E-state index contributed by atoms with van der Waals surface area (Å²) in [6, 6.07) is 0. The van der Waals surface area contributed by atoms with Crippen molar-refractivity contribution in [3.63, 3.8) is 0 Å². The van der Waals surface area contributed by atoms with Crippen molar-refractivity contribution < 1.29 is 14.6 Å². The van der Waals surface area contributed by atoms with Gasteiger partial charge >= 0.3 is 5.97 Å². The van der Waals surface area contributed by atoms with Crippen LogP contribution in [0.3, 0.4) is 0 Å². The molecule has 1 aliphatic rings. The van der Waals surface area contributed by atoms with Crippen LogP contribution >= 0.6 is 11.5 Å². The van der Waals surface area contributed by atoms with Crippen molar-refractivity contribution in [2.75, 3.05) is 36.9 Å². The van der Waals surface area contributed by atoms with Gasteiger partial charge in [0, 0.05) is 25.6 Å². The molecule has 7 heteroatoms. The van der Waals surface area contributed by atoms with E-state index in [1.807, 2.05) is 4.90 Å². The molecule has 0 radical (unpaired) electrons. The summed E-state index contributed by atoms with van der Waals surface area (Å²) in [6.45, 7) is 3.77. The third-order valence-corrected chi connectivity index (χ3v) is 3.93. The predicted molar refractivity (Wildman–Crippen MR) is 69.9 cm³/mol. The molecule has 2 rings (SSSR count). The Hall–Kier alpha value is -1.34. The smallest absolute Gasteiger partial charge is 0.345 e. The average Bonchev–Trinajstić information content (AvgIpc) is 2.95. The van der Waals surface area contributed by atoms with E-state index in [2.05, 4.69) is 4.37 Å². The summed E-state index contributed by atoms with van der Waals surface area (Å²) >= 11 is 1.21. The Labute approximate surface area is 110 Å². The third-order valence-electron chi connectivity index (χ3n) is 3.01. The molecule has 0 aliphatic carbocycles. The number of hydrogen-bond donors (Lipinski definition) is 2. The molecule has 3 N–H and O–H groups in total. The van der Waals surface area contributed by atoms with Crippen molar-refractivity contribution in [1.82, 2.24) is 4.37 Å². The highest BCUT2D eigenvalue weighted by Gasteiger charge is 2.29. The van der Waals surface area contributed by atoms with Crippen LogP contribution < -0.4 is 10.6 Å². The number of hydrogen-bond acceptors (Lipinski definition) is 7. The maximum absolute atomic E-state index is 11.8. The summed E-state index contributed by atoms with van der Waals surface area (Å²) in [6.07, 6.45) is 0.913. The summed E-state index contributed by atoms with van der Waals surface area (Å²) < 4.78 is 9.02. The van der Waals surface area contributed by atoms with Crippen molar-refractivity contribution >= 4 is 28.3 Å². The van der Waals surface area contributed by atoms with Gasteiger partial charge in [0.05, 0.1) is 6.61 Å². The maximum atomic E-state index is 11.8. The molecule has 0 aromatic carbocycles. The molecule has 1 saturated heterocycles. The lowest BCUT2D eigenvalue weighted by atomic mass is 10.1. The minimum Gasteiger partial charge on any atom is -0.462 e. The van der Waals surface area contributed by atoms with Crippen LogP contribution in [-0.2, 0) is 4.74 Å². The van der Waals surface area contributed by atoms with E-state index in [4.69, 9.17) is 15.6 Å². The second-order valence-electron chi connectivity index (χ2n) is 4.25. The number of carbonyl (C=O) groups excluding carboxylic acids is 1. The van der Waals surface area contributed by atoms with Crippen molar-refractivity contribution in [1.29, 1.82) is 0 Å². The van der Waals surface area contributed by atoms with Gasteiger partial charge in [-0.3, -0.25) is 0 Å². The van der Waals surface area contributed by atoms with E-state index in [0.29, 0.717) is 12.2 Å². The lowest BCUT2D eigenvalue weighted by molar-refractivity contribution is 0.0528. The average molecular weight is 271 g/mol. The van der Waals surface area contributed by atoms with Gasteiger partial charge in [-0.05, 0) is 24.9 Å². The maximum Gasteiger partial charge on any atom is 0.345 e. The summed E-state index contributed by atoms with van der Waals surface area (Å²) in [7, 11) is 0. The van der Waals surface area contributed by atoms with Crippen LogP contribution in [0.15, 0.2) is 0 Å². The SMILES string of the molecule is CCOC(=O)c1c(N)nsc1N1CCC(CO)C1. The number of nitrogen functional groups attached to an aromatic ring is 1. The van der Waals surface area contributed by atoms with E-state index in [-0.39, 0.29) is 18.3 Å². The first-order valence-electron chi connectivity index (χ1n) is 5.95. The molecular formula is C11H17N3O3S. The Bertz CT molecular complexity index is 435. The van der Waals surface area contributed by atoms with Crippen LogP contribution in [0.25, 0.3) is 0 Å². The van der Waals surface area contributed by atoms with E-state index in [0.717, 1.165) is 24.5 Å². The first-order valence-corrected chi connectivity index (χ1v) is 6.72. The molecule has 1 aliphatic heterocycles. The molecule has 0 amide bonds. The normalized spacial score (nSPS) is 19.2. The van der Waals surface area contributed by atoms with Crippen molar-refractivity contribution in [2.24, 2.45) is 5.92 Å². The van der Waals surface area contributed by atoms with Crippen LogP contribution in [0, 0.1) is 5.92 Å². The number of aliphatic hydroxyl groups is 1. The van der Waals surface area contributed by atoms with Gasteiger partial charge in [-0.2, -0.15) is 4.37 Å². The van der Waals surface area contributed by atoms with Gasteiger partial charge in [-0.15, -0.1) is 0 Å². The van der Waals surface area contributed by atoms with Crippen LogP contribution in [0.1, 0.15) is 23.7 Å². The van der Waals surface area contributed by atoms with Gasteiger partial charge < -0.3 is 20.5 Å². The second-order valence-corrected chi connectivity index (χ2v) is 5.00. The highest BCUT2D eigenvalue weighted by molar-refractivity contribution is 7.11. The summed E-state index contributed by atoms with van der Waals surface area (Å²) in [5.41, 5.74) is 6.09. The zero-order valence-corrected chi connectivity index (χ0v) is 11.1. The highest BCUT2D eigenvalue weighted by Crippen LogP contribution is 2.34. The van der Waals surface area contributed by atoms with Gasteiger partial charge in [-0.25, -0.2) is 4.79 Å². The molecule has 1 unspecified atom stereocenters. The minimum atomic E-state index is -0.425. The monoisotopic (exact) mass is 271 g/mol. The molecule has 0 spiro atoms. The fraction of sp³-hybridized carbons (Fsp3) is 0.636. The first kappa shape index (κ1) is 13.1. The fourth-order valence-corrected chi connectivity index (χ4v) is 2.91. The van der Waals surface area contributed by atoms with Crippen LogP contribution in [0.5, 0.6) is 0 Å². The second kappa shape index (κ2) is 5.53. The molecule has 1 fully saturated rings. The highest BCUT2D eigenvalue weighted by atomic mass is 32.1. The van der Waals surface area contributed by atoms with Gasteiger partial charge in [0.2, 0.25) is 0 Å². The van der Waals surface area contributed by atoms with Crippen LogP contribution in [0.4, 0.5) is 10.8 Å². The number of nitrogens with two attached hydrogens (primary N) is 1. The van der Waals surface area contributed by atoms with E-state index in [1.54, 1.807) is 6.92 Å². The van der Waals surface area contributed by atoms with Crippen LogP contribution in [-0.4, -0.2) is 41.8 Å². The molecule has 18 heavy (non-hydrogen) atoms. The van der Waals surface area contributed by atoms with Gasteiger partial charge in [-0.1, -0.05) is 0 Å². The number of aliphatic hydroxyl groups excluding tert-OH is 1. The standard InChI is InChI=1S/C11H17N3O3S/c1-2-17-11(16)8-9(12)13-18-10(8)14-4-3-7(5-14)6-15/h7,15H,2-6H2,1H3,(H2,12,13). The Morgan fingerprint density at radius 2 is 2.50 bits per heavy atom. The molecule has 6 nitrogen and oxygen atoms in total. The summed E-state index contributed by atoms with van der Waals surface area (Å²) in [5.74, 6) is 0.0514. The largest absolute Gasteiger partial charge is 0.462 e. The van der Waals surface area contributed by atoms with Crippen molar-refractivity contribution in [3.05, 3.63) is 5.56 Å². The number of aromatic nitrogens is 1. The molecule has 1 aromatic rings. The number of ether oxygens (including phenoxy) is 1. The number of anilines is 2. The Morgan fingerprint density at radius 1 is 1.72 bits per heavy atom.